The van der Waals surface area contributed by atoms with Crippen LogP contribution in [-0.2, 0) is 4.74 Å². The molecule has 0 spiro atoms. The van der Waals surface area contributed by atoms with E-state index in [1.54, 1.807) is 0 Å². The van der Waals surface area contributed by atoms with Crippen LogP contribution < -0.4 is 5.32 Å². The highest BCUT2D eigenvalue weighted by atomic mass is 16.5. The third-order valence-corrected chi connectivity index (χ3v) is 3.40. The second-order valence-electron chi connectivity index (χ2n) is 5.48. The summed E-state index contributed by atoms with van der Waals surface area (Å²) in [7, 11) is 4.28. The van der Waals surface area contributed by atoms with Gasteiger partial charge in [0, 0.05) is 39.3 Å². The van der Waals surface area contributed by atoms with Crippen molar-refractivity contribution in [2.45, 2.75) is 32.3 Å². The van der Waals surface area contributed by atoms with Crippen LogP contribution in [0.1, 0.15) is 26.2 Å². The van der Waals surface area contributed by atoms with Gasteiger partial charge in [-0.2, -0.15) is 0 Å². The molecule has 0 aromatic heterocycles. The molecule has 1 atom stereocenters. The van der Waals surface area contributed by atoms with Gasteiger partial charge in [-0.25, -0.2) is 0 Å². The summed E-state index contributed by atoms with van der Waals surface area (Å²) < 4.78 is 5.60. The van der Waals surface area contributed by atoms with Crippen LogP contribution in [0.2, 0.25) is 0 Å². The summed E-state index contributed by atoms with van der Waals surface area (Å²) in [4.78, 5) is 4.80. The highest BCUT2D eigenvalue weighted by Crippen LogP contribution is 2.10. The minimum atomic E-state index is 0.464. The summed E-state index contributed by atoms with van der Waals surface area (Å²) in [6.45, 7) is 9.97. The molecular weight excluding hydrogens is 226 g/mol. The van der Waals surface area contributed by atoms with Gasteiger partial charge >= 0.3 is 0 Å². The first-order valence-electron chi connectivity index (χ1n) is 7.41. The van der Waals surface area contributed by atoms with Crippen LogP contribution >= 0.6 is 0 Å². The molecule has 0 amide bonds. The SMILES string of the molecule is CCCN(CCNCC1CCCO1)CCN(C)C. The molecule has 0 radical (unpaired) electrons. The topological polar surface area (TPSA) is 27.7 Å². The second kappa shape index (κ2) is 9.73. The van der Waals surface area contributed by atoms with E-state index in [0.717, 1.165) is 32.8 Å². The minimum absolute atomic E-state index is 0.464. The van der Waals surface area contributed by atoms with Crippen molar-refractivity contribution in [1.82, 2.24) is 15.1 Å². The summed E-state index contributed by atoms with van der Waals surface area (Å²) in [5, 5.41) is 3.52. The normalized spacial score (nSPS) is 20.2. The second-order valence-corrected chi connectivity index (χ2v) is 5.48. The van der Waals surface area contributed by atoms with Crippen LogP contribution in [-0.4, -0.2) is 75.9 Å². The molecule has 1 fully saturated rings. The van der Waals surface area contributed by atoms with Crippen molar-refractivity contribution in [3.63, 3.8) is 0 Å². The summed E-state index contributed by atoms with van der Waals surface area (Å²) in [6.07, 6.45) is 4.16. The summed E-state index contributed by atoms with van der Waals surface area (Å²) in [5.74, 6) is 0. The molecule has 1 aliphatic heterocycles. The standard InChI is InChI=1S/C14H31N3O/c1-4-8-17(11-10-16(2)3)9-7-15-13-14-6-5-12-18-14/h14-15H,4-13H2,1-3H3. The largest absolute Gasteiger partial charge is 0.377 e. The van der Waals surface area contributed by atoms with Crippen LogP contribution in [0.25, 0.3) is 0 Å². The van der Waals surface area contributed by atoms with E-state index in [2.05, 4.69) is 36.1 Å². The van der Waals surface area contributed by atoms with Crippen molar-refractivity contribution in [2.75, 3.05) is 60.0 Å². The quantitative estimate of drug-likeness (QED) is 0.592. The Balaban J connectivity index is 2.04. The van der Waals surface area contributed by atoms with Gasteiger partial charge in [0.1, 0.15) is 0 Å². The highest BCUT2D eigenvalue weighted by molar-refractivity contribution is 4.68. The molecule has 1 aliphatic rings. The first kappa shape index (κ1) is 15.9. The fourth-order valence-corrected chi connectivity index (χ4v) is 2.30. The third kappa shape index (κ3) is 7.31. The molecule has 1 rings (SSSR count). The molecule has 0 aliphatic carbocycles. The maximum Gasteiger partial charge on any atom is 0.0700 e. The van der Waals surface area contributed by atoms with Crippen LogP contribution in [0.4, 0.5) is 0 Å². The third-order valence-electron chi connectivity index (χ3n) is 3.40. The van der Waals surface area contributed by atoms with E-state index in [-0.39, 0.29) is 0 Å². The molecule has 1 heterocycles. The van der Waals surface area contributed by atoms with E-state index in [4.69, 9.17) is 4.74 Å². The van der Waals surface area contributed by atoms with Gasteiger partial charge in [-0.15, -0.1) is 0 Å². The zero-order valence-corrected chi connectivity index (χ0v) is 12.5. The fraction of sp³-hybridized carbons (Fsp3) is 1.00. The number of nitrogens with one attached hydrogen (secondary N) is 1. The van der Waals surface area contributed by atoms with Gasteiger partial charge in [-0.05, 0) is 39.9 Å². The van der Waals surface area contributed by atoms with E-state index >= 15 is 0 Å². The van der Waals surface area contributed by atoms with Crippen molar-refractivity contribution in [3.05, 3.63) is 0 Å². The van der Waals surface area contributed by atoms with Gasteiger partial charge in [0.25, 0.3) is 0 Å². The molecule has 0 aromatic rings. The minimum Gasteiger partial charge on any atom is -0.377 e. The van der Waals surface area contributed by atoms with E-state index in [0.29, 0.717) is 6.10 Å². The zero-order chi connectivity index (χ0) is 13.2. The summed E-state index contributed by atoms with van der Waals surface area (Å²) in [5.41, 5.74) is 0. The van der Waals surface area contributed by atoms with Gasteiger partial charge in [-0.3, -0.25) is 0 Å². The molecular formula is C14H31N3O. The number of hydrogen-bond donors (Lipinski definition) is 1. The summed E-state index contributed by atoms with van der Waals surface area (Å²) >= 11 is 0. The molecule has 1 N–H and O–H groups in total. The van der Waals surface area contributed by atoms with Crippen molar-refractivity contribution in [3.8, 4) is 0 Å². The maximum atomic E-state index is 5.60. The van der Waals surface area contributed by atoms with E-state index in [9.17, 15) is 0 Å². The van der Waals surface area contributed by atoms with Gasteiger partial charge in [-0.1, -0.05) is 6.92 Å². The van der Waals surface area contributed by atoms with Crippen LogP contribution in [0, 0.1) is 0 Å². The van der Waals surface area contributed by atoms with Crippen LogP contribution in [0.3, 0.4) is 0 Å². The molecule has 108 valence electrons. The highest BCUT2D eigenvalue weighted by Gasteiger charge is 2.14. The first-order chi connectivity index (χ1) is 8.72. The average Bonchev–Trinajstić information content (AvgIpc) is 2.84. The number of likely N-dealkylation sites (N-methyl/N-ethyl adjacent to an activating group) is 1. The van der Waals surface area contributed by atoms with Gasteiger partial charge in [0.15, 0.2) is 0 Å². The Morgan fingerprint density at radius 2 is 2.00 bits per heavy atom. The number of nitrogens with zero attached hydrogens (tertiary/aromatic N) is 2. The van der Waals surface area contributed by atoms with Gasteiger partial charge in [0.2, 0.25) is 0 Å². The maximum absolute atomic E-state index is 5.60. The zero-order valence-electron chi connectivity index (χ0n) is 12.5. The number of ether oxygens (including phenoxy) is 1. The van der Waals surface area contributed by atoms with Crippen LogP contribution in [0.15, 0.2) is 0 Å². The monoisotopic (exact) mass is 257 g/mol. The van der Waals surface area contributed by atoms with E-state index < -0.39 is 0 Å². The van der Waals surface area contributed by atoms with Crippen molar-refractivity contribution in [1.29, 1.82) is 0 Å². The smallest absolute Gasteiger partial charge is 0.0700 e. The number of hydrogen-bond acceptors (Lipinski definition) is 4. The lowest BCUT2D eigenvalue weighted by Gasteiger charge is -2.24. The molecule has 0 bridgehead atoms. The van der Waals surface area contributed by atoms with Crippen molar-refractivity contribution >= 4 is 0 Å². The molecule has 1 unspecified atom stereocenters. The lowest BCUT2D eigenvalue weighted by Crippen LogP contribution is -2.38. The van der Waals surface area contributed by atoms with Crippen LogP contribution in [0.5, 0.6) is 0 Å². The Bertz CT molecular complexity index is 193. The predicted octanol–water partition coefficient (Wildman–Crippen LogP) is 1.03. The Morgan fingerprint density at radius 1 is 1.17 bits per heavy atom. The Labute approximate surface area is 113 Å². The van der Waals surface area contributed by atoms with E-state index in [1.165, 1.54) is 32.4 Å². The Kier molecular flexibility index (Phi) is 8.59. The number of rotatable bonds is 10. The lowest BCUT2D eigenvalue weighted by atomic mass is 10.2. The average molecular weight is 257 g/mol. The van der Waals surface area contributed by atoms with Crippen molar-refractivity contribution in [2.24, 2.45) is 0 Å². The Hall–Kier alpha value is -0.160. The molecule has 0 aromatic carbocycles. The van der Waals surface area contributed by atoms with Gasteiger partial charge < -0.3 is 19.9 Å². The molecule has 18 heavy (non-hydrogen) atoms. The fourth-order valence-electron chi connectivity index (χ4n) is 2.30. The lowest BCUT2D eigenvalue weighted by molar-refractivity contribution is 0.109. The predicted molar refractivity (Wildman–Crippen MR) is 77.1 cm³/mol. The molecule has 1 saturated heterocycles. The molecule has 4 heteroatoms. The van der Waals surface area contributed by atoms with Gasteiger partial charge in [0.05, 0.1) is 6.10 Å². The summed E-state index contributed by atoms with van der Waals surface area (Å²) in [6, 6.07) is 0. The Morgan fingerprint density at radius 3 is 2.61 bits per heavy atom. The molecule has 4 nitrogen and oxygen atoms in total. The van der Waals surface area contributed by atoms with Crippen molar-refractivity contribution < 1.29 is 4.74 Å². The molecule has 0 saturated carbocycles. The van der Waals surface area contributed by atoms with E-state index in [1.807, 2.05) is 0 Å². The first-order valence-corrected chi connectivity index (χ1v) is 7.41.